The lowest BCUT2D eigenvalue weighted by Crippen LogP contribution is -2.32. The average Bonchev–Trinajstić information content (AvgIpc) is 2.75. The molecule has 1 aromatic rings. The Bertz CT molecular complexity index is 465. The van der Waals surface area contributed by atoms with Gasteiger partial charge in [-0.25, -0.2) is 0 Å². The zero-order chi connectivity index (χ0) is 13.4. The number of carbonyl (C=O) groups excluding carboxylic acids is 1. The number of halogens is 3. The van der Waals surface area contributed by atoms with Crippen molar-refractivity contribution in [2.45, 2.75) is 19.5 Å². The molecule has 1 unspecified atom stereocenters. The van der Waals surface area contributed by atoms with Crippen LogP contribution in [-0.2, 0) is 6.18 Å². The van der Waals surface area contributed by atoms with Gasteiger partial charge in [0.25, 0.3) is 0 Å². The second-order valence-corrected chi connectivity index (χ2v) is 4.74. The van der Waals surface area contributed by atoms with Crippen molar-refractivity contribution in [2.24, 2.45) is 5.41 Å². The van der Waals surface area contributed by atoms with Crippen molar-refractivity contribution < 1.29 is 18.0 Å². The van der Waals surface area contributed by atoms with Crippen molar-refractivity contribution >= 4 is 5.78 Å². The Morgan fingerprint density at radius 1 is 1.50 bits per heavy atom. The highest BCUT2D eigenvalue weighted by molar-refractivity contribution is 6.01. The summed E-state index contributed by atoms with van der Waals surface area (Å²) >= 11 is 0. The van der Waals surface area contributed by atoms with Crippen LogP contribution in [0.5, 0.6) is 0 Å². The van der Waals surface area contributed by atoms with E-state index in [1.807, 2.05) is 0 Å². The largest absolute Gasteiger partial charge is 0.417 e. The van der Waals surface area contributed by atoms with Gasteiger partial charge in [-0.15, -0.1) is 0 Å². The second-order valence-electron chi connectivity index (χ2n) is 4.74. The van der Waals surface area contributed by atoms with E-state index in [0.717, 1.165) is 18.5 Å². The third-order valence-electron chi connectivity index (χ3n) is 3.29. The van der Waals surface area contributed by atoms with Gasteiger partial charge in [-0.2, -0.15) is 13.2 Å². The van der Waals surface area contributed by atoms with Crippen LogP contribution in [0.2, 0.25) is 0 Å². The number of pyridine rings is 1. The first-order valence-corrected chi connectivity index (χ1v) is 5.61. The number of aromatic nitrogens is 1. The summed E-state index contributed by atoms with van der Waals surface area (Å²) in [5.74, 6) is -0.493. The van der Waals surface area contributed by atoms with Crippen LogP contribution in [0, 0.1) is 5.41 Å². The van der Waals surface area contributed by atoms with Gasteiger partial charge in [0.05, 0.1) is 5.56 Å². The third-order valence-corrected chi connectivity index (χ3v) is 3.29. The lowest BCUT2D eigenvalue weighted by molar-refractivity contribution is -0.138. The van der Waals surface area contributed by atoms with Gasteiger partial charge in [0.1, 0.15) is 0 Å². The highest BCUT2D eigenvalue weighted by Crippen LogP contribution is 2.36. The van der Waals surface area contributed by atoms with Crippen LogP contribution in [0.4, 0.5) is 13.2 Å². The van der Waals surface area contributed by atoms with Crippen LogP contribution < -0.4 is 5.32 Å². The molecular weight excluding hydrogens is 245 g/mol. The first-order chi connectivity index (χ1) is 8.34. The number of nitrogens with one attached hydrogen (secondary N) is 1. The number of hydrogen-bond acceptors (Lipinski definition) is 3. The number of alkyl halides is 3. The zero-order valence-corrected chi connectivity index (χ0v) is 9.84. The maximum absolute atomic E-state index is 12.8. The number of nitrogens with zero attached hydrogens (tertiary/aromatic N) is 1. The predicted molar refractivity (Wildman–Crippen MR) is 59.2 cm³/mol. The van der Waals surface area contributed by atoms with Crippen LogP contribution in [-0.4, -0.2) is 23.9 Å². The van der Waals surface area contributed by atoms with E-state index >= 15 is 0 Å². The first-order valence-electron chi connectivity index (χ1n) is 5.61. The maximum Gasteiger partial charge on any atom is 0.417 e. The monoisotopic (exact) mass is 258 g/mol. The van der Waals surface area contributed by atoms with Gasteiger partial charge in [0, 0.05) is 29.9 Å². The standard InChI is InChI=1S/C12H13F3N2O/c1-11(3-5-17-7-11)10(18)8-6-16-4-2-9(8)12(13,14)15/h2,4,6,17H,3,5,7H2,1H3. The molecule has 0 radical (unpaired) electrons. The van der Waals surface area contributed by atoms with E-state index in [1.54, 1.807) is 6.92 Å². The second kappa shape index (κ2) is 4.35. The Balaban J connectivity index is 2.42. The molecule has 1 atom stereocenters. The summed E-state index contributed by atoms with van der Waals surface area (Å²) in [6.07, 6.45) is -1.93. The van der Waals surface area contributed by atoms with Gasteiger partial charge in [-0.1, -0.05) is 6.92 Å². The van der Waals surface area contributed by atoms with Crippen molar-refractivity contribution in [2.75, 3.05) is 13.1 Å². The van der Waals surface area contributed by atoms with Crippen molar-refractivity contribution in [1.82, 2.24) is 10.3 Å². The van der Waals surface area contributed by atoms with Crippen molar-refractivity contribution in [1.29, 1.82) is 0 Å². The molecule has 0 spiro atoms. The van der Waals surface area contributed by atoms with E-state index < -0.39 is 22.9 Å². The Hall–Kier alpha value is -1.43. The molecule has 1 N–H and O–H groups in total. The molecule has 1 aliphatic rings. The summed E-state index contributed by atoms with van der Waals surface area (Å²) in [5.41, 5.74) is -2.02. The maximum atomic E-state index is 12.8. The highest BCUT2D eigenvalue weighted by atomic mass is 19.4. The van der Waals surface area contributed by atoms with Gasteiger partial charge < -0.3 is 5.32 Å². The minimum atomic E-state index is -4.53. The van der Waals surface area contributed by atoms with E-state index in [-0.39, 0.29) is 5.56 Å². The summed E-state index contributed by atoms with van der Waals surface area (Å²) < 4.78 is 38.5. The quantitative estimate of drug-likeness (QED) is 0.827. The Labute approximate surface area is 102 Å². The molecule has 2 heterocycles. The van der Waals surface area contributed by atoms with Crippen LogP contribution in [0.25, 0.3) is 0 Å². The van der Waals surface area contributed by atoms with E-state index in [9.17, 15) is 18.0 Å². The Morgan fingerprint density at radius 2 is 2.22 bits per heavy atom. The molecule has 0 amide bonds. The van der Waals surface area contributed by atoms with Gasteiger partial charge in [0.2, 0.25) is 0 Å². The van der Waals surface area contributed by atoms with E-state index in [0.29, 0.717) is 19.5 Å². The number of ketones is 1. The zero-order valence-electron chi connectivity index (χ0n) is 9.84. The smallest absolute Gasteiger partial charge is 0.316 e. The molecule has 1 saturated heterocycles. The van der Waals surface area contributed by atoms with E-state index in [4.69, 9.17) is 0 Å². The number of rotatable bonds is 2. The number of carbonyl (C=O) groups is 1. The summed E-state index contributed by atoms with van der Waals surface area (Å²) in [6.45, 7) is 2.73. The summed E-state index contributed by atoms with van der Waals surface area (Å²) in [7, 11) is 0. The molecule has 3 nitrogen and oxygen atoms in total. The molecule has 0 saturated carbocycles. The highest BCUT2D eigenvalue weighted by Gasteiger charge is 2.42. The van der Waals surface area contributed by atoms with E-state index in [1.165, 1.54) is 0 Å². The summed E-state index contributed by atoms with van der Waals surface area (Å²) in [6, 6.07) is 0.846. The van der Waals surface area contributed by atoms with Gasteiger partial charge in [-0.3, -0.25) is 9.78 Å². The molecule has 1 aromatic heterocycles. The number of Topliss-reactive ketones (excluding diaryl/α,β-unsaturated/α-hetero) is 1. The number of hydrogen-bond donors (Lipinski definition) is 1. The Morgan fingerprint density at radius 3 is 2.78 bits per heavy atom. The normalized spacial score (nSPS) is 24.2. The fourth-order valence-electron chi connectivity index (χ4n) is 2.16. The lowest BCUT2D eigenvalue weighted by atomic mass is 9.81. The van der Waals surface area contributed by atoms with Crippen molar-refractivity contribution in [3.05, 3.63) is 29.6 Å². The van der Waals surface area contributed by atoms with Crippen LogP contribution in [0.1, 0.15) is 29.3 Å². The SMILES string of the molecule is CC1(C(=O)c2cnccc2C(F)(F)F)CCNC1. The van der Waals surface area contributed by atoms with Crippen molar-refractivity contribution in [3.8, 4) is 0 Å². The molecule has 0 aliphatic carbocycles. The third kappa shape index (κ3) is 2.25. The lowest BCUT2D eigenvalue weighted by Gasteiger charge is -2.22. The molecule has 98 valence electrons. The first kappa shape index (κ1) is 13.0. The van der Waals surface area contributed by atoms with Crippen molar-refractivity contribution in [3.63, 3.8) is 0 Å². The minimum absolute atomic E-state index is 0.337. The molecule has 0 aromatic carbocycles. The van der Waals surface area contributed by atoms with Crippen LogP contribution in [0.3, 0.4) is 0 Å². The molecule has 18 heavy (non-hydrogen) atoms. The molecule has 2 rings (SSSR count). The molecular formula is C12H13F3N2O. The fraction of sp³-hybridized carbons (Fsp3) is 0.500. The van der Waals surface area contributed by atoms with E-state index in [2.05, 4.69) is 10.3 Å². The summed E-state index contributed by atoms with van der Waals surface area (Å²) in [5, 5.41) is 3.00. The molecule has 0 bridgehead atoms. The van der Waals surface area contributed by atoms with Crippen LogP contribution in [0.15, 0.2) is 18.5 Å². The van der Waals surface area contributed by atoms with Gasteiger partial charge in [0.15, 0.2) is 5.78 Å². The average molecular weight is 258 g/mol. The topological polar surface area (TPSA) is 42.0 Å². The predicted octanol–water partition coefficient (Wildman–Crippen LogP) is 2.28. The molecule has 6 heteroatoms. The fourth-order valence-corrected chi connectivity index (χ4v) is 2.16. The minimum Gasteiger partial charge on any atom is -0.316 e. The summed E-state index contributed by atoms with van der Waals surface area (Å²) in [4.78, 5) is 15.9. The van der Waals surface area contributed by atoms with Crippen LogP contribution >= 0.6 is 0 Å². The Kier molecular flexibility index (Phi) is 3.14. The molecule has 1 fully saturated rings. The molecule has 1 aliphatic heterocycles. The van der Waals surface area contributed by atoms with Gasteiger partial charge >= 0.3 is 6.18 Å². The van der Waals surface area contributed by atoms with Gasteiger partial charge in [-0.05, 0) is 19.0 Å².